The van der Waals surface area contributed by atoms with Crippen LogP contribution in [0.3, 0.4) is 0 Å². The average Bonchev–Trinajstić information content (AvgIpc) is 2.92. The summed E-state index contributed by atoms with van der Waals surface area (Å²) in [4.78, 5) is 49.2. The first-order valence-corrected chi connectivity index (χ1v) is 12.1. The summed E-state index contributed by atoms with van der Waals surface area (Å²) in [6.45, 7) is 3.02. The van der Waals surface area contributed by atoms with Gasteiger partial charge in [-0.05, 0) is 0 Å². The van der Waals surface area contributed by atoms with Gasteiger partial charge in [0, 0.05) is 47.5 Å². The number of rotatable bonds is 14. The fourth-order valence-corrected chi connectivity index (χ4v) is 3.95. The smallest absolute Gasteiger partial charge is 0.209 e. The Morgan fingerprint density at radius 3 is 1.24 bits per heavy atom. The molecule has 0 aliphatic heterocycles. The molecule has 0 heterocycles. The molecular formula is C28H28N2O7. The molecule has 2 aliphatic carbocycles. The summed E-state index contributed by atoms with van der Waals surface area (Å²) in [5.74, 6) is -0.778. The van der Waals surface area contributed by atoms with Crippen LogP contribution in [0.1, 0.15) is 41.4 Å². The van der Waals surface area contributed by atoms with Crippen LogP contribution in [0.4, 0.5) is 0 Å². The lowest BCUT2D eigenvalue weighted by Crippen LogP contribution is -2.29. The number of fused-ring (bicyclic) bond motifs is 2. The van der Waals surface area contributed by atoms with Gasteiger partial charge in [0.1, 0.15) is 0 Å². The van der Waals surface area contributed by atoms with Gasteiger partial charge in [0.15, 0.2) is 11.6 Å². The normalized spacial score (nSPS) is 14.6. The third-order valence-corrected chi connectivity index (χ3v) is 5.78. The average molecular weight is 505 g/mol. The highest BCUT2D eigenvalue weighted by Crippen LogP contribution is 2.20. The number of Topliss-reactive ketones (excluding diaryl/α,β-unsaturated/α-hetero) is 2. The van der Waals surface area contributed by atoms with E-state index in [0.717, 1.165) is 0 Å². The number of ketones is 4. The zero-order valence-electron chi connectivity index (χ0n) is 20.3. The van der Waals surface area contributed by atoms with E-state index in [-0.39, 0.29) is 34.5 Å². The van der Waals surface area contributed by atoms with Crippen molar-refractivity contribution >= 4 is 23.1 Å². The number of hydrogen-bond acceptors (Lipinski definition) is 9. The highest BCUT2D eigenvalue weighted by molar-refractivity contribution is 6.25. The van der Waals surface area contributed by atoms with Crippen LogP contribution >= 0.6 is 0 Å². The van der Waals surface area contributed by atoms with E-state index in [2.05, 4.69) is 10.6 Å². The van der Waals surface area contributed by atoms with E-state index >= 15 is 0 Å². The summed E-state index contributed by atoms with van der Waals surface area (Å²) in [6.07, 6.45) is 2.65. The maximum Gasteiger partial charge on any atom is 0.209 e. The summed E-state index contributed by atoms with van der Waals surface area (Å²) in [5.41, 5.74) is 2.21. The summed E-state index contributed by atoms with van der Waals surface area (Å²) in [5, 5.41) is 5.92. The number of hydrogen-bond donors (Lipinski definition) is 2. The van der Waals surface area contributed by atoms with Gasteiger partial charge in [-0.25, -0.2) is 0 Å². The van der Waals surface area contributed by atoms with Crippen molar-refractivity contribution in [2.24, 2.45) is 0 Å². The summed E-state index contributed by atoms with van der Waals surface area (Å²) < 4.78 is 16.4. The van der Waals surface area contributed by atoms with Crippen molar-refractivity contribution in [3.63, 3.8) is 0 Å². The second-order valence-corrected chi connectivity index (χ2v) is 8.28. The van der Waals surface area contributed by atoms with Crippen molar-refractivity contribution in [1.82, 2.24) is 10.6 Å². The molecule has 0 saturated heterocycles. The number of allylic oxidation sites excluding steroid dienone is 4. The van der Waals surface area contributed by atoms with Crippen LogP contribution in [0.15, 0.2) is 72.1 Å². The minimum Gasteiger partial charge on any atom is -0.379 e. The lowest BCUT2D eigenvalue weighted by Gasteiger charge is -2.16. The summed E-state index contributed by atoms with van der Waals surface area (Å²) in [6, 6.07) is 13.5. The first kappa shape index (κ1) is 26.2. The van der Waals surface area contributed by atoms with Crippen molar-refractivity contribution in [2.75, 3.05) is 52.7 Å². The molecule has 0 bridgehead atoms. The summed E-state index contributed by atoms with van der Waals surface area (Å²) >= 11 is 0. The Morgan fingerprint density at radius 2 is 0.838 bits per heavy atom. The Balaban J connectivity index is 1.00. The molecule has 0 aromatic heterocycles. The zero-order chi connectivity index (χ0) is 26.0. The van der Waals surface area contributed by atoms with Gasteiger partial charge in [0.25, 0.3) is 0 Å². The molecule has 9 nitrogen and oxygen atoms in total. The molecule has 0 fully saturated rings. The van der Waals surface area contributed by atoms with Gasteiger partial charge < -0.3 is 24.8 Å². The molecule has 2 aromatic rings. The minimum absolute atomic E-state index is 0.189. The number of nitrogens with one attached hydrogen (secondary N) is 2. The van der Waals surface area contributed by atoms with Gasteiger partial charge in [0.05, 0.1) is 51.0 Å². The van der Waals surface area contributed by atoms with Gasteiger partial charge >= 0.3 is 0 Å². The highest BCUT2D eigenvalue weighted by Gasteiger charge is 2.25. The summed E-state index contributed by atoms with van der Waals surface area (Å²) in [7, 11) is 0. The lowest BCUT2D eigenvalue weighted by atomic mass is 9.93. The first-order chi connectivity index (χ1) is 18.1. The van der Waals surface area contributed by atoms with Crippen molar-refractivity contribution < 1.29 is 33.4 Å². The van der Waals surface area contributed by atoms with Gasteiger partial charge in [-0.3, -0.25) is 19.2 Å². The lowest BCUT2D eigenvalue weighted by molar-refractivity contribution is 0.0162. The van der Waals surface area contributed by atoms with E-state index in [1.54, 1.807) is 48.5 Å². The van der Waals surface area contributed by atoms with Gasteiger partial charge in [0.2, 0.25) is 11.6 Å². The van der Waals surface area contributed by atoms with E-state index in [1.807, 2.05) is 0 Å². The van der Waals surface area contributed by atoms with E-state index in [9.17, 15) is 19.2 Å². The fourth-order valence-electron chi connectivity index (χ4n) is 3.95. The molecule has 0 radical (unpaired) electrons. The van der Waals surface area contributed by atoms with Gasteiger partial charge in [-0.2, -0.15) is 0 Å². The van der Waals surface area contributed by atoms with Gasteiger partial charge in [-0.1, -0.05) is 48.5 Å². The molecule has 37 heavy (non-hydrogen) atoms. The molecule has 2 N–H and O–H groups in total. The maximum absolute atomic E-state index is 12.5. The Hall–Kier alpha value is -3.92. The SMILES string of the molecule is O=C1C=C(NCCOCCOCCOCCNC2=CC(=O)c3ccccc3C2=O)C(=O)c2ccccc21. The Bertz CT molecular complexity index is 1150. The number of carbonyl (C=O) groups excluding carboxylic acids is 4. The molecule has 9 heteroatoms. The number of carbonyl (C=O) groups is 4. The monoisotopic (exact) mass is 504 g/mol. The molecule has 0 saturated carbocycles. The Morgan fingerprint density at radius 1 is 0.486 bits per heavy atom. The molecule has 2 aromatic carbocycles. The predicted molar refractivity (Wildman–Crippen MR) is 135 cm³/mol. The largest absolute Gasteiger partial charge is 0.379 e. The van der Waals surface area contributed by atoms with Crippen LogP contribution in [-0.2, 0) is 14.2 Å². The van der Waals surface area contributed by atoms with Crippen molar-refractivity contribution in [3.8, 4) is 0 Å². The maximum atomic E-state index is 12.5. The van der Waals surface area contributed by atoms with Crippen molar-refractivity contribution in [1.29, 1.82) is 0 Å². The molecular weight excluding hydrogens is 476 g/mol. The highest BCUT2D eigenvalue weighted by atomic mass is 16.5. The second kappa shape index (κ2) is 12.9. The number of benzene rings is 2. The Kier molecular flexibility index (Phi) is 9.09. The van der Waals surface area contributed by atoms with E-state index in [0.29, 0.717) is 75.0 Å². The molecule has 0 spiro atoms. The van der Waals surface area contributed by atoms with Crippen molar-refractivity contribution in [3.05, 3.63) is 94.3 Å². The minimum atomic E-state index is -0.199. The van der Waals surface area contributed by atoms with Crippen LogP contribution in [-0.4, -0.2) is 75.9 Å². The molecule has 192 valence electrons. The standard InChI is InChI=1S/C28H28N2O7/c31-25-17-23(27(33)21-7-3-1-5-19(21)25)29-9-11-35-13-15-37-16-14-36-12-10-30-24-18-26(32)20-6-2-4-8-22(20)28(24)34/h1-8,17-18,29-30H,9-16H2. The molecule has 4 rings (SSSR count). The van der Waals surface area contributed by atoms with Crippen LogP contribution < -0.4 is 10.6 Å². The topological polar surface area (TPSA) is 120 Å². The van der Waals surface area contributed by atoms with E-state index < -0.39 is 0 Å². The number of ether oxygens (including phenoxy) is 3. The van der Waals surface area contributed by atoms with E-state index in [1.165, 1.54) is 12.2 Å². The van der Waals surface area contributed by atoms with Crippen LogP contribution in [0, 0.1) is 0 Å². The van der Waals surface area contributed by atoms with Crippen LogP contribution in [0.5, 0.6) is 0 Å². The Labute approximate surface area is 214 Å². The first-order valence-electron chi connectivity index (χ1n) is 12.1. The van der Waals surface area contributed by atoms with Gasteiger partial charge in [-0.15, -0.1) is 0 Å². The molecule has 0 atom stereocenters. The third-order valence-electron chi connectivity index (χ3n) is 5.78. The fraction of sp³-hybridized carbons (Fsp3) is 0.286. The molecule has 0 unspecified atom stereocenters. The zero-order valence-corrected chi connectivity index (χ0v) is 20.3. The quantitative estimate of drug-likeness (QED) is 0.373. The molecule has 0 amide bonds. The van der Waals surface area contributed by atoms with Crippen LogP contribution in [0.2, 0.25) is 0 Å². The third kappa shape index (κ3) is 6.65. The van der Waals surface area contributed by atoms with Crippen molar-refractivity contribution in [2.45, 2.75) is 0 Å². The van der Waals surface area contributed by atoms with E-state index in [4.69, 9.17) is 14.2 Å². The second-order valence-electron chi connectivity index (χ2n) is 8.28. The predicted octanol–water partition coefficient (Wildman–Crippen LogP) is 2.14. The molecule has 2 aliphatic rings. The van der Waals surface area contributed by atoms with Crippen LogP contribution in [0.25, 0.3) is 0 Å².